The minimum Gasteiger partial charge on any atom is -0.349 e. The van der Waals surface area contributed by atoms with Gasteiger partial charge in [-0.2, -0.15) is 0 Å². The van der Waals surface area contributed by atoms with Crippen molar-refractivity contribution in [2.75, 3.05) is 0 Å². The van der Waals surface area contributed by atoms with Crippen LogP contribution in [0.3, 0.4) is 0 Å². The van der Waals surface area contributed by atoms with Gasteiger partial charge < -0.3 is 5.32 Å². The zero-order valence-corrected chi connectivity index (χ0v) is 14.1. The molecule has 1 fully saturated rings. The van der Waals surface area contributed by atoms with E-state index < -0.39 is 0 Å². The van der Waals surface area contributed by atoms with Crippen molar-refractivity contribution in [1.29, 1.82) is 0 Å². The number of pyridine rings is 1. The van der Waals surface area contributed by atoms with E-state index in [4.69, 9.17) is 4.98 Å². The van der Waals surface area contributed by atoms with Crippen LogP contribution in [0, 0.1) is 6.92 Å². The Bertz CT molecular complexity index is 878. The molecule has 1 aliphatic rings. The van der Waals surface area contributed by atoms with Crippen molar-refractivity contribution in [1.82, 2.24) is 10.3 Å². The van der Waals surface area contributed by atoms with Gasteiger partial charge in [0.2, 0.25) is 0 Å². The maximum atomic E-state index is 12.5. The first-order valence-electron chi connectivity index (χ1n) is 8.31. The molecule has 1 aromatic carbocycles. The number of aromatic nitrogens is 1. The molecule has 3 aromatic rings. The summed E-state index contributed by atoms with van der Waals surface area (Å²) in [5.41, 5.74) is 2.22. The SMILES string of the molecule is Cc1ccc2nc3sc(C(=O)NC4CCCCC4)cc3cc2c1. The van der Waals surface area contributed by atoms with E-state index in [2.05, 4.69) is 30.4 Å². The van der Waals surface area contributed by atoms with Gasteiger partial charge in [0.1, 0.15) is 4.83 Å². The number of hydrogen-bond donors (Lipinski definition) is 1. The van der Waals surface area contributed by atoms with Crippen molar-refractivity contribution in [3.8, 4) is 0 Å². The lowest BCUT2D eigenvalue weighted by Crippen LogP contribution is -2.35. The van der Waals surface area contributed by atoms with Gasteiger partial charge in [-0.25, -0.2) is 4.98 Å². The third-order valence-electron chi connectivity index (χ3n) is 4.62. The number of rotatable bonds is 2. The fourth-order valence-corrected chi connectivity index (χ4v) is 4.30. The van der Waals surface area contributed by atoms with Crippen LogP contribution in [0.25, 0.3) is 21.1 Å². The highest BCUT2D eigenvalue weighted by Crippen LogP contribution is 2.28. The highest BCUT2D eigenvalue weighted by molar-refractivity contribution is 7.20. The largest absolute Gasteiger partial charge is 0.349 e. The zero-order valence-electron chi connectivity index (χ0n) is 13.3. The van der Waals surface area contributed by atoms with Crippen molar-refractivity contribution < 1.29 is 4.79 Å². The quantitative estimate of drug-likeness (QED) is 0.734. The van der Waals surface area contributed by atoms with E-state index in [9.17, 15) is 4.79 Å². The number of carbonyl (C=O) groups is 1. The summed E-state index contributed by atoms with van der Waals surface area (Å²) in [6, 6.07) is 10.7. The summed E-state index contributed by atoms with van der Waals surface area (Å²) in [7, 11) is 0. The molecule has 3 nitrogen and oxygen atoms in total. The molecular formula is C19H20N2OS. The molecule has 0 bridgehead atoms. The monoisotopic (exact) mass is 324 g/mol. The van der Waals surface area contributed by atoms with Gasteiger partial charge >= 0.3 is 0 Å². The lowest BCUT2D eigenvalue weighted by molar-refractivity contribution is 0.0932. The Labute approximate surface area is 139 Å². The summed E-state index contributed by atoms with van der Waals surface area (Å²) in [6.07, 6.45) is 5.97. The molecule has 1 amide bonds. The fraction of sp³-hybridized carbons (Fsp3) is 0.368. The highest BCUT2D eigenvalue weighted by atomic mass is 32.1. The number of aryl methyl sites for hydroxylation is 1. The second-order valence-electron chi connectivity index (χ2n) is 6.50. The fourth-order valence-electron chi connectivity index (χ4n) is 3.37. The molecule has 4 rings (SSSR count). The van der Waals surface area contributed by atoms with E-state index in [0.29, 0.717) is 6.04 Å². The Morgan fingerprint density at radius 3 is 2.78 bits per heavy atom. The molecule has 0 unspecified atom stereocenters. The van der Waals surface area contributed by atoms with E-state index in [1.54, 1.807) is 0 Å². The molecule has 1 aliphatic carbocycles. The van der Waals surface area contributed by atoms with E-state index in [1.165, 1.54) is 36.2 Å². The Balaban J connectivity index is 1.64. The average Bonchev–Trinajstić information content (AvgIpc) is 2.96. The summed E-state index contributed by atoms with van der Waals surface area (Å²) in [5.74, 6) is 0.0557. The normalized spacial score (nSPS) is 16.0. The van der Waals surface area contributed by atoms with Crippen LogP contribution in [-0.4, -0.2) is 16.9 Å². The summed E-state index contributed by atoms with van der Waals surface area (Å²) < 4.78 is 0. The first kappa shape index (κ1) is 14.6. The number of amides is 1. The van der Waals surface area contributed by atoms with E-state index in [-0.39, 0.29) is 5.91 Å². The maximum absolute atomic E-state index is 12.5. The molecule has 2 heterocycles. The Kier molecular flexibility index (Phi) is 3.77. The lowest BCUT2D eigenvalue weighted by atomic mass is 9.95. The predicted octanol–water partition coefficient (Wildman–Crippen LogP) is 4.82. The first-order valence-corrected chi connectivity index (χ1v) is 9.12. The number of carbonyl (C=O) groups excluding carboxylic acids is 1. The topological polar surface area (TPSA) is 42.0 Å². The van der Waals surface area contributed by atoms with Crippen molar-refractivity contribution in [2.24, 2.45) is 0 Å². The lowest BCUT2D eigenvalue weighted by Gasteiger charge is -2.22. The van der Waals surface area contributed by atoms with E-state index in [1.807, 2.05) is 12.1 Å². The van der Waals surface area contributed by atoms with E-state index >= 15 is 0 Å². The molecule has 118 valence electrons. The van der Waals surface area contributed by atoms with Crippen LogP contribution in [0.15, 0.2) is 30.3 Å². The van der Waals surface area contributed by atoms with Crippen LogP contribution in [0.4, 0.5) is 0 Å². The molecule has 0 spiro atoms. The molecule has 4 heteroatoms. The molecule has 0 saturated heterocycles. The molecule has 2 aromatic heterocycles. The minimum atomic E-state index is 0.0557. The average molecular weight is 324 g/mol. The Hall–Kier alpha value is -1.94. The molecule has 0 atom stereocenters. The van der Waals surface area contributed by atoms with Crippen molar-refractivity contribution >= 4 is 38.4 Å². The zero-order chi connectivity index (χ0) is 15.8. The van der Waals surface area contributed by atoms with Gasteiger partial charge in [0, 0.05) is 16.8 Å². The van der Waals surface area contributed by atoms with E-state index in [0.717, 1.165) is 38.8 Å². The summed E-state index contributed by atoms with van der Waals surface area (Å²) in [5, 5.41) is 5.38. The van der Waals surface area contributed by atoms with Gasteiger partial charge in [-0.05, 0) is 44.0 Å². The smallest absolute Gasteiger partial charge is 0.261 e. The number of nitrogens with zero attached hydrogens (tertiary/aromatic N) is 1. The predicted molar refractivity (Wildman–Crippen MR) is 96.2 cm³/mol. The molecule has 0 radical (unpaired) electrons. The molecule has 1 saturated carbocycles. The summed E-state index contributed by atoms with van der Waals surface area (Å²) in [6.45, 7) is 2.08. The van der Waals surface area contributed by atoms with Gasteiger partial charge in [-0.1, -0.05) is 30.9 Å². The van der Waals surface area contributed by atoms with Gasteiger partial charge in [-0.15, -0.1) is 11.3 Å². The summed E-state index contributed by atoms with van der Waals surface area (Å²) in [4.78, 5) is 18.9. The van der Waals surface area contributed by atoms with Crippen LogP contribution >= 0.6 is 11.3 Å². The van der Waals surface area contributed by atoms with Crippen LogP contribution in [0.5, 0.6) is 0 Å². The first-order chi connectivity index (χ1) is 11.2. The maximum Gasteiger partial charge on any atom is 0.261 e. The number of thiophene rings is 1. The molecular weight excluding hydrogens is 304 g/mol. The Morgan fingerprint density at radius 2 is 1.96 bits per heavy atom. The molecule has 0 aliphatic heterocycles. The van der Waals surface area contributed by atoms with Gasteiger partial charge in [0.15, 0.2) is 0 Å². The number of fused-ring (bicyclic) bond motifs is 2. The minimum absolute atomic E-state index is 0.0557. The second kappa shape index (κ2) is 5.93. The molecule has 1 N–H and O–H groups in total. The standard InChI is InChI=1S/C19H20N2OS/c1-12-7-8-16-13(9-12)10-14-11-17(23-19(14)21-16)18(22)20-15-5-3-2-4-6-15/h7-11,15H,2-6H2,1H3,(H,20,22). The second-order valence-corrected chi connectivity index (χ2v) is 7.53. The van der Waals surface area contributed by atoms with Gasteiger partial charge in [-0.3, -0.25) is 4.79 Å². The van der Waals surface area contributed by atoms with Crippen LogP contribution in [0.1, 0.15) is 47.3 Å². The van der Waals surface area contributed by atoms with Gasteiger partial charge in [0.05, 0.1) is 10.4 Å². The number of nitrogens with one attached hydrogen (secondary N) is 1. The van der Waals surface area contributed by atoms with Crippen LogP contribution in [-0.2, 0) is 0 Å². The molecule has 23 heavy (non-hydrogen) atoms. The van der Waals surface area contributed by atoms with Crippen molar-refractivity contribution in [3.63, 3.8) is 0 Å². The van der Waals surface area contributed by atoms with Crippen molar-refractivity contribution in [2.45, 2.75) is 45.1 Å². The van der Waals surface area contributed by atoms with Gasteiger partial charge in [0.25, 0.3) is 5.91 Å². The number of hydrogen-bond acceptors (Lipinski definition) is 3. The number of benzene rings is 1. The third kappa shape index (κ3) is 2.95. The van der Waals surface area contributed by atoms with Crippen LogP contribution < -0.4 is 5.32 Å². The highest BCUT2D eigenvalue weighted by Gasteiger charge is 2.18. The van der Waals surface area contributed by atoms with Crippen LogP contribution in [0.2, 0.25) is 0 Å². The van der Waals surface area contributed by atoms with Crippen molar-refractivity contribution in [3.05, 3.63) is 40.8 Å². The third-order valence-corrected chi connectivity index (χ3v) is 5.66. The Morgan fingerprint density at radius 1 is 1.13 bits per heavy atom. The summed E-state index contributed by atoms with van der Waals surface area (Å²) >= 11 is 1.49.